The van der Waals surface area contributed by atoms with E-state index in [2.05, 4.69) is 9.97 Å². The zero-order valence-corrected chi connectivity index (χ0v) is 16.3. The fourth-order valence-corrected chi connectivity index (χ4v) is 2.91. The SMILES string of the molecule is COC(=O)c1cc(CN(C)C(=O)c2cc(F)cc3nc(C)c(C)nc23)oc1C. The third-order valence-electron chi connectivity index (χ3n) is 4.49. The number of fused-ring (bicyclic) bond motifs is 1. The van der Waals surface area contributed by atoms with Crippen molar-refractivity contribution in [3.63, 3.8) is 0 Å². The van der Waals surface area contributed by atoms with Crippen molar-refractivity contribution in [1.29, 1.82) is 0 Å². The van der Waals surface area contributed by atoms with E-state index < -0.39 is 17.7 Å². The molecule has 3 rings (SSSR count). The lowest BCUT2D eigenvalue weighted by Gasteiger charge is -2.17. The molecule has 0 aliphatic rings. The van der Waals surface area contributed by atoms with Gasteiger partial charge in [-0.05, 0) is 32.9 Å². The molecule has 7 nitrogen and oxygen atoms in total. The fraction of sp³-hybridized carbons (Fsp3) is 0.300. The molecule has 0 fully saturated rings. The molecule has 8 heteroatoms. The van der Waals surface area contributed by atoms with Gasteiger partial charge in [-0.1, -0.05) is 0 Å². The van der Waals surface area contributed by atoms with Crippen LogP contribution in [0.3, 0.4) is 0 Å². The number of furan rings is 1. The Morgan fingerprint density at radius 3 is 2.46 bits per heavy atom. The van der Waals surface area contributed by atoms with E-state index in [1.807, 2.05) is 0 Å². The van der Waals surface area contributed by atoms with Gasteiger partial charge in [0.25, 0.3) is 5.91 Å². The molecule has 146 valence electrons. The lowest BCUT2D eigenvalue weighted by Crippen LogP contribution is -2.26. The van der Waals surface area contributed by atoms with E-state index in [9.17, 15) is 14.0 Å². The van der Waals surface area contributed by atoms with E-state index in [-0.39, 0.29) is 12.1 Å². The van der Waals surface area contributed by atoms with Crippen LogP contribution in [0.4, 0.5) is 4.39 Å². The minimum absolute atomic E-state index is 0.0902. The predicted molar refractivity (Wildman–Crippen MR) is 99.6 cm³/mol. The van der Waals surface area contributed by atoms with Crippen molar-refractivity contribution in [2.75, 3.05) is 14.2 Å². The van der Waals surface area contributed by atoms with Gasteiger partial charge < -0.3 is 14.1 Å². The normalized spacial score (nSPS) is 10.9. The molecule has 0 saturated heterocycles. The van der Waals surface area contributed by atoms with Gasteiger partial charge in [0.15, 0.2) is 0 Å². The molecular formula is C20H20FN3O4. The zero-order valence-electron chi connectivity index (χ0n) is 16.3. The third kappa shape index (κ3) is 3.58. The molecule has 0 bridgehead atoms. The summed E-state index contributed by atoms with van der Waals surface area (Å²) in [5.41, 5.74) is 2.41. The predicted octanol–water partition coefficient (Wildman–Crippen LogP) is 3.35. The number of carbonyl (C=O) groups is 2. The maximum Gasteiger partial charge on any atom is 0.341 e. The lowest BCUT2D eigenvalue weighted by molar-refractivity contribution is 0.0598. The first-order valence-electron chi connectivity index (χ1n) is 8.58. The molecule has 1 amide bonds. The van der Waals surface area contributed by atoms with Gasteiger partial charge >= 0.3 is 5.97 Å². The van der Waals surface area contributed by atoms with Gasteiger partial charge in [0.1, 0.15) is 28.4 Å². The van der Waals surface area contributed by atoms with Gasteiger partial charge in [0.2, 0.25) is 0 Å². The molecule has 28 heavy (non-hydrogen) atoms. The number of nitrogens with zero attached hydrogens (tertiary/aromatic N) is 3. The van der Waals surface area contributed by atoms with Crippen LogP contribution in [-0.2, 0) is 11.3 Å². The second kappa shape index (κ2) is 7.38. The summed E-state index contributed by atoms with van der Waals surface area (Å²) in [6.07, 6.45) is 0. The highest BCUT2D eigenvalue weighted by atomic mass is 19.1. The van der Waals surface area contributed by atoms with Crippen LogP contribution in [0.15, 0.2) is 22.6 Å². The summed E-state index contributed by atoms with van der Waals surface area (Å²) in [4.78, 5) is 34.8. The molecule has 1 aromatic carbocycles. The van der Waals surface area contributed by atoms with Crippen molar-refractivity contribution in [3.05, 3.63) is 58.1 Å². The molecule has 2 aromatic heterocycles. The number of esters is 1. The Balaban J connectivity index is 1.94. The summed E-state index contributed by atoms with van der Waals surface area (Å²) in [6, 6.07) is 3.93. The second-order valence-electron chi connectivity index (χ2n) is 6.55. The lowest BCUT2D eigenvalue weighted by atomic mass is 10.1. The fourth-order valence-electron chi connectivity index (χ4n) is 2.91. The summed E-state index contributed by atoms with van der Waals surface area (Å²) in [5.74, 6) is -0.707. The van der Waals surface area contributed by atoms with Crippen LogP contribution in [0.2, 0.25) is 0 Å². The van der Waals surface area contributed by atoms with Crippen LogP contribution < -0.4 is 0 Å². The van der Waals surface area contributed by atoms with Crippen molar-refractivity contribution in [3.8, 4) is 0 Å². The molecule has 0 aliphatic carbocycles. The van der Waals surface area contributed by atoms with E-state index in [0.717, 1.165) is 6.07 Å². The van der Waals surface area contributed by atoms with Crippen LogP contribution in [0.25, 0.3) is 11.0 Å². The second-order valence-corrected chi connectivity index (χ2v) is 6.55. The van der Waals surface area contributed by atoms with Crippen LogP contribution in [-0.4, -0.2) is 40.9 Å². The quantitative estimate of drug-likeness (QED) is 0.640. The zero-order chi connectivity index (χ0) is 20.6. The summed E-state index contributed by atoms with van der Waals surface area (Å²) in [6.45, 7) is 5.28. The van der Waals surface area contributed by atoms with E-state index in [4.69, 9.17) is 9.15 Å². The topological polar surface area (TPSA) is 85.5 Å². The number of carbonyl (C=O) groups excluding carboxylic acids is 2. The number of aryl methyl sites for hydroxylation is 3. The Bertz CT molecular complexity index is 1090. The number of rotatable bonds is 4. The first-order chi connectivity index (χ1) is 13.2. The number of hydrogen-bond donors (Lipinski definition) is 0. The monoisotopic (exact) mass is 385 g/mol. The molecule has 0 saturated carbocycles. The third-order valence-corrected chi connectivity index (χ3v) is 4.49. The average molecular weight is 385 g/mol. The van der Waals surface area contributed by atoms with Gasteiger partial charge in [0, 0.05) is 13.1 Å². The number of amides is 1. The molecule has 0 N–H and O–H groups in total. The molecular weight excluding hydrogens is 365 g/mol. The Labute approximate surface area is 161 Å². The van der Waals surface area contributed by atoms with Gasteiger partial charge in [-0.15, -0.1) is 0 Å². The molecule has 2 heterocycles. The first-order valence-corrected chi connectivity index (χ1v) is 8.58. The molecule has 0 spiro atoms. The van der Waals surface area contributed by atoms with Gasteiger partial charge in [-0.25, -0.2) is 19.2 Å². The molecule has 0 aliphatic heterocycles. The first kappa shape index (κ1) is 19.5. The summed E-state index contributed by atoms with van der Waals surface area (Å²) in [5, 5.41) is 0. The highest BCUT2D eigenvalue weighted by molar-refractivity contribution is 6.04. The summed E-state index contributed by atoms with van der Waals surface area (Å²) >= 11 is 0. The molecule has 3 aromatic rings. The highest BCUT2D eigenvalue weighted by Gasteiger charge is 2.21. The number of ether oxygens (including phenoxy) is 1. The molecule has 0 unspecified atom stereocenters. The average Bonchev–Trinajstić information content (AvgIpc) is 3.01. The van der Waals surface area contributed by atoms with Crippen LogP contribution in [0, 0.1) is 26.6 Å². The van der Waals surface area contributed by atoms with E-state index in [1.165, 1.54) is 24.1 Å². The van der Waals surface area contributed by atoms with Crippen molar-refractivity contribution < 1.29 is 23.1 Å². The Kier molecular flexibility index (Phi) is 5.13. The largest absolute Gasteiger partial charge is 0.465 e. The van der Waals surface area contributed by atoms with Gasteiger partial charge in [-0.3, -0.25) is 4.79 Å². The van der Waals surface area contributed by atoms with Crippen LogP contribution >= 0.6 is 0 Å². The number of halogens is 1. The summed E-state index contributed by atoms with van der Waals surface area (Å²) in [7, 11) is 2.84. The van der Waals surface area contributed by atoms with Crippen molar-refractivity contribution in [2.45, 2.75) is 27.3 Å². The Morgan fingerprint density at radius 2 is 1.79 bits per heavy atom. The standard InChI is InChI=1S/C20H20FN3O4/c1-10-11(2)23-18-16(6-13(21)7-17(18)22-10)19(25)24(4)9-14-8-15(12(3)28-14)20(26)27-5/h6-8H,9H2,1-5H3. The number of aromatic nitrogens is 2. The van der Waals surface area contributed by atoms with E-state index >= 15 is 0 Å². The Hall–Kier alpha value is -3.29. The van der Waals surface area contributed by atoms with Crippen LogP contribution in [0.5, 0.6) is 0 Å². The maximum atomic E-state index is 14.1. The number of hydrogen-bond acceptors (Lipinski definition) is 6. The highest BCUT2D eigenvalue weighted by Crippen LogP contribution is 2.22. The minimum atomic E-state index is -0.566. The number of methoxy groups -OCH3 is 1. The van der Waals surface area contributed by atoms with Crippen molar-refractivity contribution >= 4 is 22.9 Å². The molecule has 0 atom stereocenters. The maximum absolute atomic E-state index is 14.1. The summed E-state index contributed by atoms with van der Waals surface area (Å²) < 4.78 is 24.3. The van der Waals surface area contributed by atoms with Crippen molar-refractivity contribution in [1.82, 2.24) is 14.9 Å². The Morgan fingerprint density at radius 1 is 1.11 bits per heavy atom. The van der Waals surface area contributed by atoms with E-state index in [0.29, 0.717) is 39.5 Å². The van der Waals surface area contributed by atoms with Gasteiger partial charge in [-0.2, -0.15) is 0 Å². The molecule has 0 radical (unpaired) electrons. The van der Waals surface area contributed by atoms with E-state index in [1.54, 1.807) is 27.8 Å². The minimum Gasteiger partial charge on any atom is -0.465 e. The number of benzene rings is 1. The van der Waals surface area contributed by atoms with Crippen LogP contribution in [0.1, 0.15) is 43.6 Å². The smallest absolute Gasteiger partial charge is 0.341 e. The van der Waals surface area contributed by atoms with Crippen molar-refractivity contribution in [2.24, 2.45) is 0 Å². The van der Waals surface area contributed by atoms with Gasteiger partial charge in [0.05, 0.1) is 36.1 Å².